The molecule has 2 aromatic heterocycles. The summed E-state index contributed by atoms with van der Waals surface area (Å²) in [5, 5.41) is 0.332. The first kappa shape index (κ1) is 20.2. The van der Waals surface area contributed by atoms with E-state index in [0.29, 0.717) is 28.0 Å². The van der Waals surface area contributed by atoms with Crippen molar-refractivity contribution < 1.29 is 18.4 Å². The molecule has 7 nitrogen and oxygen atoms in total. The van der Waals surface area contributed by atoms with E-state index in [9.17, 15) is 14.4 Å². The number of nitrogens with zero attached hydrogens (tertiary/aromatic N) is 2. The molecule has 4 heterocycles. The zero-order chi connectivity index (χ0) is 23.6. The Morgan fingerprint density at radius 2 is 1.88 bits per heavy atom. The van der Waals surface area contributed by atoms with Crippen molar-refractivity contribution in [2.45, 2.75) is 19.0 Å². The molecule has 0 saturated heterocycles. The van der Waals surface area contributed by atoms with Crippen molar-refractivity contribution in [1.82, 2.24) is 4.90 Å². The van der Waals surface area contributed by atoms with Gasteiger partial charge < -0.3 is 18.6 Å². The first-order chi connectivity index (χ1) is 16.5. The van der Waals surface area contributed by atoms with Crippen molar-refractivity contribution in [3.05, 3.63) is 112 Å². The topological polar surface area (TPSA) is 84.0 Å². The van der Waals surface area contributed by atoms with E-state index in [1.807, 2.05) is 25.1 Å². The highest BCUT2D eigenvalue weighted by Gasteiger charge is 2.65. The van der Waals surface area contributed by atoms with E-state index < -0.39 is 17.4 Å². The second-order valence-corrected chi connectivity index (χ2v) is 8.54. The SMILES string of the molecule is C=CCN1C(=O)C2(c3ccccc31)c1c(oc3ccc(C)cc3c1=O)C(=O)N2Cc1ccco1. The van der Waals surface area contributed by atoms with E-state index in [0.717, 1.165) is 5.56 Å². The molecule has 0 bridgehead atoms. The number of aryl methyl sites for hydroxylation is 1. The lowest BCUT2D eigenvalue weighted by Gasteiger charge is -2.33. The number of anilines is 1. The number of para-hydroxylation sites is 1. The molecule has 7 heteroatoms. The molecule has 2 aliphatic heterocycles. The largest absolute Gasteiger partial charge is 0.467 e. The van der Waals surface area contributed by atoms with Crippen LogP contribution in [0.4, 0.5) is 5.69 Å². The Morgan fingerprint density at radius 1 is 1.06 bits per heavy atom. The third-order valence-corrected chi connectivity index (χ3v) is 6.60. The van der Waals surface area contributed by atoms with Gasteiger partial charge in [0.15, 0.2) is 11.0 Å². The highest BCUT2D eigenvalue weighted by atomic mass is 16.4. The average Bonchev–Trinajstić information content (AvgIpc) is 3.50. The number of hydrogen-bond acceptors (Lipinski definition) is 5. The fourth-order valence-electron chi connectivity index (χ4n) is 5.19. The molecule has 4 aromatic rings. The predicted octanol–water partition coefficient (Wildman–Crippen LogP) is 4.13. The maximum absolute atomic E-state index is 14.3. The minimum absolute atomic E-state index is 0.00709. The number of fused-ring (bicyclic) bond motifs is 5. The molecule has 34 heavy (non-hydrogen) atoms. The molecule has 2 aliphatic rings. The van der Waals surface area contributed by atoms with Crippen molar-refractivity contribution in [2.24, 2.45) is 0 Å². The van der Waals surface area contributed by atoms with Crippen LogP contribution < -0.4 is 10.3 Å². The summed E-state index contributed by atoms with van der Waals surface area (Å²) in [7, 11) is 0. The summed E-state index contributed by atoms with van der Waals surface area (Å²) in [6.07, 6.45) is 3.12. The fourth-order valence-corrected chi connectivity index (χ4v) is 5.19. The summed E-state index contributed by atoms with van der Waals surface area (Å²) in [5.74, 6) is -0.557. The number of benzene rings is 2. The Hall–Kier alpha value is -4.39. The first-order valence-corrected chi connectivity index (χ1v) is 10.9. The number of furan rings is 1. The lowest BCUT2D eigenvalue weighted by molar-refractivity contribution is -0.126. The normalized spacial score (nSPS) is 18.7. The Kier molecular flexibility index (Phi) is 4.20. The highest BCUT2D eigenvalue weighted by molar-refractivity contribution is 6.17. The predicted molar refractivity (Wildman–Crippen MR) is 126 cm³/mol. The number of carbonyl (C=O) groups is 2. The number of carbonyl (C=O) groups excluding carboxylic acids is 2. The van der Waals surface area contributed by atoms with Gasteiger partial charge in [0.25, 0.3) is 11.8 Å². The van der Waals surface area contributed by atoms with Gasteiger partial charge in [0.1, 0.15) is 11.3 Å². The molecule has 0 fully saturated rings. The summed E-state index contributed by atoms with van der Waals surface area (Å²) >= 11 is 0. The third kappa shape index (κ3) is 2.43. The number of rotatable bonds is 4. The summed E-state index contributed by atoms with van der Waals surface area (Å²) in [6.45, 7) is 5.88. The fraction of sp³-hybridized carbons (Fsp3) is 0.148. The Bertz CT molecular complexity index is 1570. The summed E-state index contributed by atoms with van der Waals surface area (Å²) < 4.78 is 11.6. The van der Waals surface area contributed by atoms with Gasteiger partial charge in [0.2, 0.25) is 5.76 Å². The average molecular weight is 452 g/mol. The van der Waals surface area contributed by atoms with Crippen molar-refractivity contribution in [3.8, 4) is 0 Å². The third-order valence-electron chi connectivity index (χ3n) is 6.60. The van der Waals surface area contributed by atoms with E-state index in [1.165, 1.54) is 11.2 Å². The van der Waals surface area contributed by atoms with Crippen molar-refractivity contribution in [2.75, 3.05) is 11.4 Å². The Morgan fingerprint density at radius 3 is 2.65 bits per heavy atom. The van der Waals surface area contributed by atoms with Gasteiger partial charge in [-0.25, -0.2) is 0 Å². The molecule has 1 unspecified atom stereocenters. The van der Waals surface area contributed by atoms with E-state index in [-0.39, 0.29) is 29.8 Å². The van der Waals surface area contributed by atoms with Gasteiger partial charge in [-0.15, -0.1) is 6.58 Å². The van der Waals surface area contributed by atoms with Crippen LogP contribution in [0.3, 0.4) is 0 Å². The van der Waals surface area contributed by atoms with Gasteiger partial charge in [-0.1, -0.05) is 35.9 Å². The minimum Gasteiger partial charge on any atom is -0.467 e. The molecule has 1 atom stereocenters. The van der Waals surface area contributed by atoms with Crippen molar-refractivity contribution in [3.63, 3.8) is 0 Å². The zero-order valence-electron chi connectivity index (χ0n) is 18.4. The first-order valence-electron chi connectivity index (χ1n) is 10.9. The highest BCUT2D eigenvalue weighted by Crippen LogP contribution is 2.53. The molecule has 0 aliphatic carbocycles. The number of hydrogen-bond donors (Lipinski definition) is 0. The van der Waals surface area contributed by atoms with Gasteiger partial charge in [-0.2, -0.15) is 0 Å². The van der Waals surface area contributed by atoms with Gasteiger partial charge in [0, 0.05) is 12.1 Å². The molecule has 6 rings (SSSR count). The van der Waals surface area contributed by atoms with Gasteiger partial charge >= 0.3 is 0 Å². The monoisotopic (exact) mass is 452 g/mol. The van der Waals surface area contributed by atoms with Crippen LogP contribution in [-0.4, -0.2) is 23.3 Å². The summed E-state index contributed by atoms with van der Waals surface area (Å²) in [4.78, 5) is 45.0. The minimum atomic E-state index is -1.67. The van der Waals surface area contributed by atoms with Crippen molar-refractivity contribution in [1.29, 1.82) is 0 Å². The van der Waals surface area contributed by atoms with Crippen LogP contribution in [0.1, 0.15) is 33.0 Å². The quantitative estimate of drug-likeness (QED) is 0.435. The van der Waals surface area contributed by atoms with E-state index >= 15 is 0 Å². The second kappa shape index (κ2) is 7.05. The molecule has 2 aromatic carbocycles. The van der Waals surface area contributed by atoms with Gasteiger partial charge in [-0.3, -0.25) is 14.4 Å². The maximum atomic E-state index is 14.3. The van der Waals surface area contributed by atoms with Gasteiger partial charge in [-0.05, 0) is 37.3 Å². The molecular formula is C27H20N2O5. The van der Waals surface area contributed by atoms with Crippen molar-refractivity contribution >= 4 is 28.5 Å². The van der Waals surface area contributed by atoms with Crippen LogP contribution in [0.2, 0.25) is 0 Å². The smallest absolute Gasteiger partial charge is 0.291 e. The molecule has 168 valence electrons. The maximum Gasteiger partial charge on any atom is 0.291 e. The van der Waals surface area contributed by atoms with E-state index in [1.54, 1.807) is 47.4 Å². The van der Waals surface area contributed by atoms with E-state index in [4.69, 9.17) is 8.83 Å². The van der Waals surface area contributed by atoms with Crippen LogP contribution in [0.5, 0.6) is 0 Å². The van der Waals surface area contributed by atoms with E-state index in [2.05, 4.69) is 6.58 Å². The van der Waals surface area contributed by atoms with Crippen LogP contribution in [0.15, 0.2) is 87.1 Å². The molecule has 0 saturated carbocycles. The Labute approximate surface area is 194 Å². The van der Waals surface area contributed by atoms with Crippen LogP contribution in [0, 0.1) is 6.92 Å². The molecule has 0 radical (unpaired) electrons. The summed E-state index contributed by atoms with van der Waals surface area (Å²) in [5.41, 5.74) is 0.347. The van der Waals surface area contributed by atoms with Crippen LogP contribution >= 0.6 is 0 Å². The van der Waals surface area contributed by atoms with Gasteiger partial charge in [0.05, 0.1) is 29.4 Å². The molecule has 0 N–H and O–H groups in total. The zero-order valence-corrected chi connectivity index (χ0v) is 18.4. The second-order valence-electron chi connectivity index (χ2n) is 8.54. The lowest BCUT2D eigenvalue weighted by atomic mass is 9.84. The molecule has 1 spiro atoms. The van der Waals surface area contributed by atoms with Crippen LogP contribution in [-0.2, 0) is 16.9 Å². The summed E-state index contributed by atoms with van der Waals surface area (Å²) in [6, 6.07) is 15.9. The lowest BCUT2D eigenvalue weighted by Crippen LogP contribution is -2.53. The molecular weight excluding hydrogens is 432 g/mol. The molecule has 2 amide bonds. The standard InChI is InChI=1S/C27H20N2O5/c1-3-12-28-20-9-5-4-8-19(20)27(26(28)32)22-23(30)18-14-16(2)10-11-21(18)34-24(22)25(31)29(27)15-17-7-6-13-33-17/h3-11,13-14H,1,12,15H2,2H3. The number of amides is 2. The van der Waals surface area contributed by atoms with Crippen LogP contribution in [0.25, 0.3) is 11.0 Å². The Balaban J connectivity index is 1.73.